The number of carbonyl (C=O) groups excluding carboxylic acids is 1. The Morgan fingerprint density at radius 2 is 1.85 bits per heavy atom. The van der Waals surface area contributed by atoms with Gasteiger partial charge >= 0.3 is 0 Å². The van der Waals surface area contributed by atoms with Crippen LogP contribution in [-0.2, 0) is 21.2 Å². The number of hydrogen-bond acceptors (Lipinski definition) is 4. The molecule has 0 bridgehead atoms. The SMILES string of the molecule is CN(C)[C@H](CNS(=O)(=O)c1ccc2c(c1)CCC(=O)N2)c1ccc(F)cc1. The van der Waals surface area contributed by atoms with Crippen LogP contribution in [0.4, 0.5) is 10.1 Å². The van der Waals surface area contributed by atoms with Gasteiger partial charge in [0, 0.05) is 24.7 Å². The van der Waals surface area contributed by atoms with Crippen molar-refractivity contribution in [2.45, 2.75) is 23.8 Å². The van der Waals surface area contributed by atoms with E-state index in [1.54, 1.807) is 24.3 Å². The van der Waals surface area contributed by atoms with Crippen LogP contribution in [-0.4, -0.2) is 39.9 Å². The lowest BCUT2D eigenvalue weighted by Crippen LogP contribution is -2.34. The summed E-state index contributed by atoms with van der Waals surface area (Å²) in [6.45, 7) is 0.148. The van der Waals surface area contributed by atoms with E-state index in [1.165, 1.54) is 18.2 Å². The number of halogens is 1. The fraction of sp³-hybridized carbons (Fsp3) is 0.316. The van der Waals surface area contributed by atoms with Gasteiger partial charge in [0.25, 0.3) is 0 Å². The van der Waals surface area contributed by atoms with Gasteiger partial charge in [0.05, 0.1) is 4.90 Å². The van der Waals surface area contributed by atoms with Crippen molar-refractivity contribution in [2.24, 2.45) is 0 Å². The standard InChI is InChI=1S/C19H22FN3O3S/c1-23(2)18(13-3-6-15(20)7-4-13)12-21-27(25,26)16-8-9-17-14(11-16)5-10-19(24)22-17/h3-4,6-9,11,18,21H,5,10,12H2,1-2H3,(H,22,24)/t18-/m1/s1. The Balaban J connectivity index is 1.77. The molecule has 2 aromatic rings. The van der Waals surface area contributed by atoms with E-state index in [9.17, 15) is 17.6 Å². The number of hydrogen-bond donors (Lipinski definition) is 2. The molecule has 2 N–H and O–H groups in total. The molecule has 27 heavy (non-hydrogen) atoms. The van der Waals surface area contributed by atoms with Gasteiger partial charge in [0.15, 0.2) is 0 Å². The molecule has 0 fully saturated rings. The van der Waals surface area contributed by atoms with Crippen LogP contribution >= 0.6 is 0 Å². The molecule has 6 nitrogen and oxygen atoms in total. The molecule has 3 rings (SSSR count). The second-order valence-corrected chi connectivity index (χ2v) is 8.52. The van der Waals surface area contributed by atoms with Crippen LogP contribution in [0.25, 0.3) is 0 Å². The van der Waals surface area contributed by atoms with Gasteiger partial charge in [-0.3, -0.25) is 4.79 Å². The van der Waals surface area contributed by atoms with E-state index >= 15 is 0 Å². The normalized spacial score (nSPS) is 15.3. The zero-order valence-electron chi connectivity index (χ0n) is 15.2. The number of sulfonamides is 1. The van der Waals surface area contributed by atoms with Gasteiger partial charge in [0.2, 0.25) is 15.9 Å². The summed E-state index contributed by atoms with van der Waals surface area (Å²) in [5, 5.41) is 2.74. The highest BCUT2D eigenvalue weighted by Crippen LogP contribution is 2.26. The average Bonchev–Trinajstić information content (AvgIpc) is 2.62. The molecular formula is C19H22FN3O3S. The Labute approximate surface area is 158 Å². The van der Waals surface area contributed by atoms with Gasteiger partial charge in [-0.1, -0.05) is 12.1 Å². The third-order valence-electron chi connectivity index (χ3n) is 4.63. The molecule has 0 spiro atoms. The Morgan fingerprint density at radius 3 is 2.52 bits per heavy atom. The number of anilines is 1. The first-order valence-electron chi connectivity index (χ1n) is 8.60. The van der Waals surface area contributed by atoms with Crippen LogP contribution in [0.15, 0.2) is 47.4 Å². The van der Waals surface area contributed by atoms with Crippen molar-refractivity contribution in [3.05, 3.63) is 59.4 Å². The van der Waals surface area contributed by atoms with Crippen LogP contribution in [0.2, 0.25) is 0 Å². The summed E-state index contributed by atoms with van der Waals surface area (Å²) in [5.74, 6) is -0.401. The summed E-state index contributed by atoms with van der Waals surface area (Å²) in [6, 6.07) is 10.5. The molecular weight excluding hydrogens is 369 g/mol. The Bertz CT molecular complexity index is 943. The number of fused-ring (bicyclic) bond motifs is 1. The van der Waals surface area contributed by atoms with Crippen LogP contribution < -0.4 is 10.0 Å². The minimum atomic E-state index is -3.72. The molecule has 0 aromatic heterocycles. The van der Waals surface area contributed by atoms with Gasteiger partial charge in [0.1, 0.15) is 5.82 Å². The number of aryl methyl sites for hydroxylation is 1. The molecule has 0 saturated heterocycles. The summed E-state index contributed by atoms with van der Waals surface area (Å²) >= 11 is 0. The minimum absolute atomic E-state index is 0.0654. The highest BCUT2D eigenvalue weighted by atomic mass is 32.2. The second kappa shape index (κ2) is 7.75. The molecule has 0 aliphatic carbocycles. The minimum Gasteiger partial charge on any atom is -0.326 e. The van der Waals surface area contributed by atoms with Gasteiger partial charge in [-0.05, 0) is 62.0 Å². The van der Waals surface area contributed by atoms with E-state index in [1.807, 2.05) is 19.0 Å². The van der Waals surface area contributed by atoms with Gasteiger partial charge < -0.3 is 10.2 Å². The summed E-state index contributed by atoms with van der Waals surface area (Å²) in [4.78, 5) is 13.5. The maximum absolute atomic E-state index is 13.2. The molecule has 0 saturated carbocycles. The Hall–Kier alpha value is -2.29. The van der Waals surface area contributed by atoms with Crippen molar-refractivity contribution in [1.29, 1.82) is 0 Å². The number of carbonyl (C=O) groups is 1. The fourth-order valence-corrected chi connectivity index (χ4v) is 4.17. The lowest BCUT2D eigenvalue weighted by Gasteiger charge is -2.25. The van der Waals surface area contributed by atoms with Crippen molar-refractivity contribution < 1.29 is 17.6 Å². The largest absolute Gasteiger partial charge is 0.326 e. The van der Waals surface area contributed by atoms with Gasteiger partial charge in [-0.2, -0.15) is 0 Å². The third-order valence-corrected chi connectivity index (χ3v) is 6.05. The number of nitrogens with one attached hydrogen (secondary N) is 2. The van der Waals surface area contributed by atoms with Crippen LogP contribution in [0.1, 0.15) is 23.6 Å². The molecule has 1 amide bonds. The number of nitrogens with zero attached hydrogens (tertiary/aromatic N) is 1. The highest BCUT2D eigenvalue weighted by molar-refractivity contribution is 7.89. The predicted octanol–water partition coefficient (Wildman–Crippen LogP) is 2.29. The zero-order chi connectivity index (χ0) is 19.6. The molecule has 1 atom stereocenters. The number of likely N-dealkylation sites (N-methyl/N-ethyl adjacent to an activating group) is 1. The van der Waals surface area contributed by atoms with E-state index in [0.717, 1.165) is 11.1 Å². The van der Waals surface area contributed by atoms with Crippen molar-refractivity contribution in [3.63, 3.8) is 0 Å². The number of benzene rings is 2. The molecule has 0 unspecified atom stereocenters. The Morgan fingerprint density at radius 1 is 1.15 bits per heavy atom. The van der Waals surface area contributed by atoms with E-state index in [0.29, 0.717) is 18.5 Å². The number of rotatable bonds is 6. The first-order chi connectivity index (χ1) is 12.8. The zero-order valence-corrected chi connectivity index (χ0v) is 16.0. The fourth-order valence-electron chi connectivity index (χ4n) is 3.08. The smallest absolute Gasteiger partial charge is 0.240 e. The summed E-state index contributed by atoms with van der Waals surface area (Å²) in [6.07, 6.45) is 0.859. The molecule has 1 aliphatic heterocycles. The van der Waals surface area contributed by atoms with Crippen molar-refractivity contribution in [1.82, 2.24) is 9.62 Å². The summed E-state index contributed by atoms with van der Waals surface area (Å²) in [5.41, 5.74) is 2.28. The molecule has 1 heterocycles. The molecule has 8 heteroatoms. The Kier molecular flexibility index (Phi) is 5.59. The molecule has 144 valence electrons. The van der Waals surface area contributed by atoms with E-state index in [-0.39, 0.29) is 29.2 Å². The van der Waals surface area contributed by atoms with Gasteiger partial charge in [-0.25, -0.2) is 17.5 Å². The molecule has 0 radical (unpaired) electrons. The maximum Gasteiger partial charge on any atom is 0.240 e. The molecule has 2 aromatic carbocycles. The first-order valence-corrected chi connectivity index (χ1v) is 10.1. The first kappa shape index (κ1) is 19.5. The third kappa shape index (κ3) is 4.52. The second-order valence-electron chi connectivity index (χ2n) is 6.75. The van der Waals surface area contributed by atoms with Crippen LogP contribution in [0.3, 0.4) is 0 Å². The van der Waals surface area contributed by atoms with E-state index in [4.69, 9.17) is 0 Å². The monoisotopic (exact) mass is 391 g/mol. The summed E-state index contributed by atoms with van der Waals surface area (Å²) < 4.78 is 41.2. The number of amides is 1. The molecule has 1 aliphatic rings. The summed E-state index contributed by atoms with van der Waals surface area (Å²) in [7, 11) is -0.0411. The van der Waals surface area contributed by atoms with E-state index in [2.05, 4.69) is 10.0 Å². The van der Waals surface area contributed by atoms with Gasteiger partial charge in [-0.15, -0.1) is 0 Å². The van der Waals surface area contributed by atoms with Crippen LogP contribution in [0, 0.1) is 5.82 Å². The van der Waals surface area contributed by atoms with E-state index < -0.39 is 10.0 Å². The van der Waals surface area contributed by atoms with Crippen molar-refractivity contribution >= 4 is 21.6 Å². The van der Waals surface area contributed by atoms with Crippen molar-refractivity contribution in [3.8, 4) is 0 Å². The maximum atomic E-state index is 13.2. The average molecular weight is 391 g/mol. The predicted molar refractivity (Wildman–Crippen MR) is 101 cm³/mol. The highest BCUT2D eigenvalue weighted by Gasteiger charge is 2.22. The lowest BCUT2D eigenvalue weighted by atomic mass is 10.0. The topological polar surface area (TPSA) is 78.5 Å². The van der Waals surface area contributed by atoms with Crippen molar-refractivity contribution in [2.75, 3.05) is 26.0 Å². The van der Waals surface area contributed by atoms with Crippen LogP contribution in [0.5, 0.6) is 0 Å². The lowest BCUT2D eigenvalue weighted by molar-refractivity contribution is -0.116. The quantitative estimate of drug-likeness (QED) is 0.792.